The highest BCUT2D eigenvalue weighted by Crippen LogP contribution is 2.20. The van der Waals surface area contributed by atoms with E-state index in [1.807, 2.05) is 31.2 Å². The number of rotatable bonds is 9. The maximum absolute atomic E-state index is 13.9. The number of amides is 2. The predicted molar refractivity (Wildman–Crippen MR) is 124 cm³/mol. The van der Waals surface area contributed by atoms with Gasteiger partial charge in [0.2, 0.25) is 11.8 Å². The number of nitrogens with one attached hydrogen (secondary N) is 1. The second kappa shape index (κ2) is 11.3. The molecule has 0 heterocycles. The fraction of sp³-hybridized carbons (Fsp3) is 0.440. The van der Waals surface area contributed by atoms with Gasteiger partial charge in [-0.1, -0.05) is 60.9 Å². The average Bonchev–Trinajstić information content (AvgIpc) is 3.27. The third kappa shape index (κ3) is 6.82. The van der Waals surface area contributed by atoms with Gasteiger partial charge in [-0.2, -0.15) is 0 Å². The first-order valence-electron chi connectivity index (χ1n) is 10.9. The first kappa shape index (κ1) is 23.3. The van der Waals surface area contributed by atoms with Gasteiger partial charge in [0.1, 0.15) is 11.9 Å². The van der Waals surface area contributed by atoms with E-state index >= 15 is 0 Å². The Morgan fingerprint density at radius 1 is 1.13 bits per heavy atom. The van der Waals surface area contributed by atoms with Gasteiger partial charge in [0.05, 0.1) is 5.75 Å². The van der Waals surface area contributed by atoms with E-state index in [1.54, 1.807) is 30.0 Å². The van der Waals surface area contributed by atoms with E-state index < -0.39 is 6.04 Å². The summed E-state index contributed by atoms with van der Waals surface area (Å²) in [4.78, 5) is 27.6. The molecule has 6 heteroatoms. The molecule has 0 bridgehead atoms. The summed E-state index contributed by atoms with van der Waals surface area (Å²) in [6.07, 6.45) is 4.28. The van der Waals surface area contributed by atoms with Crippen LogP contribution in [-0.4, -0.2) is 34.6 Å². The Labute approximate surface area is 188 Å². The fourth-order valence-electron chi connectivity index (χ4n) is 3.81. The fourth-order valence-corrected chi connectivity index (χ4v) is 4.71. The number of hydrogen-bond donors (Lipinski definition) is 1. The molecule has 1 aliphatic carbocycles. The SMILES string of the molecule is Cc1ccc(CN(C(=O)CSCc2ccccc2F)[C@@H](C)C(=O)NC2CCCC2)cc1. The molecule has 2 aromatic carbocycles. The van der Waals surface area contributed by atoms with Crippen molar-refractivity contribution in [2.24, 2.45) is 0 Å². The van der Waals surface area contributed by atoms with Crippen LogP contribution >= 0.6 is 11.8 Å². The van der Waals surface area contributed by atoms with Crippen LogP contribution in [0.4, 0.5) is 4.39 Å². The molecule has 0 spiro atoms. The third-order valence-electron chi connectivity index (χ3n) is 5.78. The number of halogens is 1. The quantitative estimate of drug-likeness (QED) is 0.604. The molecule has 2 aromatic rings. The standard InChI is InChI=1S/C25H31FN2O2S/c1-18-11-13-20(14-12-18)15-28(19(2)25(30)27-22-8-4-5-9-22)24(29)17-31-16-21-7-3-6-10-23(21)26/h3,6-7,10-14,19,22H,4-5,8-9,15-17H2,1-2H3,(H,27,30)/t19-/m0/s1. The van der Waals surface area contributed by atoms with Gasteiger partial charge in [-0.15, -0.1) is 11.8 Å². The van der Waals surface area contributed by atoms with E-state index in [0.717, 1.165) is 36.8 Å². The van der Waals surface area contributed by atoms with Gasteiger partial charge in [-0.3, -0.25) is 9.59 Å². The van der Waals surface area contributed by atoms with Crippen molar-refractivity contribution < 1.29 is 14.0 Å². The Morgan fingerprint density at radius 2 is 1.81 bits per heavy atom. The highest BCUT2D eigenvalue weighted by Gasteiger charge is 2.28. The molecule has 0 aromatic heterocycles. The highest BCUT2D eigenvalue weighted by atomic mass is 32.2. The van der Waals surface area contributed by atoms with Gasteiger partial charge in [0.15, 0.2) is 0 Å². The van der Waals surface area contributed by atoms with Crippen LogP contribution in [0.15, 0.2) is 48.5 Å². The first-order valence-corrected chi connectivity index (χ1v) is 12.1. The minimum Gasteiger partial charge on any atom is -0.352 e. The summed E-state index contributed by atoms with van der Waals surface area (Å²) in [5, 5.41) is 3.11. The Kier molecular flexibility index (Phi) is 8.52. The Morgan fingerprint density at radius 3 is 2.48 bits per heavy atom. The topological polar surface area (TPSA) is 49.4 Å². The molecule has 0 aliphatic heterocycles. The number of thioether (sulfide) groups is 1. The summed E-state index contributed by atoms with van der Waals surface area (Å²) in [6.45, 7) is 4.18. The average molecular weight is 443 g/mol. The molecule has 1 fully saturated rings. The van der Waals surface area contributed by atoms with Crippen molar-refractivity contribution in [2.75, 3.05) is 5.75 Å². The molecular formula is C25H31FN2O2S. The first-order chi connectivity index (χ1) is 14.9. The number of carbonyl (C=O) groups is 2. The van der Waals surface area contributed by atoms with E-state index in [4.69, 9.17) is 0 Å². The molecule has 166 valence electrons. The van der Waals surface area contributed by atoms with Gasteiger partial charge in [-0.25, -0.2) is 4.39 Å². The molecule has 0 unspecified atom stereocenters. The summed E-state index contributed by atoms with van der Waals surface area (Å²) in [7, 11) is 0. The van der Waals surface area contributed by atoms with Crippen LogP contribution in [0.25, 0.3) is 0 Å². The Bertz CT molecular complexity index is 881. The van der Waals surface area contributed by atoms with E-state index in [-0.39, 0.29) is 29.4 Å². The van der Waals surface area contributed by atoms with Crippen LogP contribution in [-0.2, 0) is 21.9 Å². The number of aryl methyl sites for hydroxylation is 1. The van der Waals surface area contributed by atoms with Gasteiger partial charge in [0.25, 0.3) is 0 Å². The molecule has 4 nitrogen and oxygen atoms in total. The summed E-state index contributed by atoms with van der Waals surface area (Å²) in [6, 6.07) is 14.2. The van der Waals surface area contributed by atoms with Gasteiger partial charge in [-0.05, 0) is 43.9 Å². The molecule has 3 rings (SSSR count). The lowest BCUT2D eigenvalue weighted by molar-refractivity contribution is -0.138. The molecule has 2 amide bonds. The number of benzene rings is 2. The van der Waals surface area contributed by atoms with Crippen LogP contribution in [0.5, 0.6) is 0 Å². The zero-order chi connectivity index (χ0) is 22.2. The van der Waals surface area contributed by atoms with Gasteiger partial charge in [0, 0.05) is 18.3 Å². The van der Waals surface area contributed by atoms with Crippen molar-refractivity contribution >= 4 is 23.6 Å². The third-order valence-corrected chi connectivity index (χ3v) is 6.75. The van der Waals surface area contributed by atoms with Crippen molar-refractivity contribution in [3.63, 3.8) is 0 Å². The summed E-state index contributed by atoms with van der Waals surface area (Å²) in [5.41, 5.74) is 2.71. The molecule has 1 N–H and O–H groups in total. The zero-order valence-electron chi connectivity index (χ0n) is 18.3. The predicted octanol–water partition coefficient (Wildman–Crippen LogP) is 4.84. The minimum atomic E-state index is -0.566. The van der Waals surface area contributed by atoms with E-state index in [9.17, 15) is 14.0 Å². The van der Waals surface area contributed by atoms with Crippen molar-refractivity contribution in [2.45, 2.75) is 63.9 Å². The molecule has 1 saturated carbocycles. The van der Waals surface area contributed by atoms with Crippen LogP contribution in [0.3, 0.4) is 0 Å². The maximum atomic E-state index is 13.9. The minimum absolute atomic E-state index is 0.105. The zero-order valence-corrected chi connectivity index (χ0v) is 19.1. The lowest BCUT2D eigenvalue weighted by atomic mass is 10.1. The number of hydrogen-bond acceptors (Lipinski definition) is 3. The molecule has 0 saturated heterocycles. The van der Waals surface area contributed by atoms with E-state index in [0.29, 0.717) is 17.9 Å². The molecular weight excluding hydrogens is 411 g/mol. The highest BCUT2D eigenvalue weighted by molar-refractivity contribution is 7.99. The van der Waals surface area contributed by atoms with Crippen molar-refractivity contribution in [1.29, 1.82) is 0 Å². The molecule has 0 radical (unpaired) electrons. The van der Waals surface area contributed by atoms with E-state index in [1.165, 1.54) is 17.8 Å². The Hall–Kier alpha value is -2.34. The van der Waals surface area contributed by atoms with Crippen LogP contribution in [0.1, 0.15) is 49.3 Å². The number of carbonyl (C=O) groups excluding carboxylic acids is 2. The lowest BCUT2D eigenvalue weighted by Crippen LogP contribution is -2.50. The summed E-state index contributed by atoms with van der Waals surface area (Å²) >= 11 is 1.37. The van der Waals surface area contributed by atoms with Crippen molar-refractivity contribution in [1.82, 2.24) is 10.2 Å². The van der Waals surface area contributed by atoms with Crippen molar-refractivity contribution in [3.05, 3.63) is 71.0 Å². The van der Waals surface area contributed by atoms with Crippen LogP contribution in [0.2, 0.25) is 0 Å². The largest absolute Gasteiger partial charge is 0.352 e. The normalized spacial score (nSPS) is 14.9. The second-order valence-electron chi connectivity index (χ2n) is 8.26. The van der Waals surface area contributed by atoms with E-state index in [2.05, 4.69) is 5.32 Å². The Balaban J connectivity index is 1.65. The van der Waals surface area contributed by atoms with Gasteiger partial charge < -0.3 is 10.2 Å². The molecule has 1 atom stereocenters. The monoisotopic (exact) mass is 442 g/mol. The van der Waals surface area contributed by atoms with Crippen LogP contribution in [0, 0.1) is 12.7 Å². The summed E-state index contributed by atoms with van der Waals surface area (Å²) < 4.78 is 13.9. The summed E-state index contributed by atoms with van der Waals surface area (Å²) in [5.74, 6) is 0.131. The lowest BCUT2D eigenvalue weighted by Gasteiger charge is -2.29. The molecule has 1 aliphatic rings. The van der Waals surface area contributed by atoms with Crippen LogP contribution < -0.4 is 5.32 Å². The smallest absolute Gasteiger partial charge is 0.242 e. The molecule has 31 heavy (non-hydrogen) atoms. The maximum Gasteiger partial charge on any atom is 0.242 e. The second-order valence-corrected chi connectivity index (χ2v) is 9.24. The van der Waals surface area contributed by atoms with Gasteiger partial charge >= 0.3 is 0 Å². The number of nitrogens with zero attached hydrogens (tertiary/aromatic N) is 1. The van der Waals surface area contributed by atoms with Crippen molar-refractivity contribution in [3.8, 4) is 0 Å².